The second-order valence-corrected chi connectivity index (χ2v) is 5.44. The SMILES string of the molecule is O=[N+]([O-])c1ccc(P(=O)(O)Oc2ccccc2)cc1. The van der Waals surface area contributed by atoms with Crippen LogP contribution in [0.15, 0.2) is 54.6 Å². The normalized spacial score (nSPS) is 13.5. The molecular weight excluding hydrogens is 269 g/mol. The van der Waals surface area contributed by atoms with Gasteiger partial charge in [0, 0.05) is 12.1 Å². The van der Waals surface area contributed by atoms with Gasteiger partial charge in [-0.1, -0.05) is 18.2 Å². The van der Waals surface area contributed by atoms with Crippen LogP contribution in [0.3, 0.4) is 0 Å². The summed E-state index contributed by atoms with van der Waals surface area (Å²) in [5.41, 5.74) is -0.150. The second-order valence-electron chi connectivity index (χ2n) is 3.70. The van der Waals surface area contributed by atoms with Crippen LogP contribution in [-0.4, -0.2) is 9.82 Å². The average molecular weight is 279 g/mol. The minimum atomic E-state index is -4.04. The van der Waals surface area contributed by atoms with E-state index in [1.165, 1.54) is 12.1 Å². The number of hydrogen-bond donors (Lipinski definition) is 1. The molecule has 0 saturated heterocycles. The van der Waals surface area contributed by atoms with E-state index < -0.39 is 12.5 Å². The first kappa shape index (κ1) is 13.3. The Morgan fingerprint density at radius 1 is 1.05 bits per heavy atom. The van der Waals surface area contributed by atoms with Crippen molar-refractivity contribution in [1.29, 1.82) is 0 Å². The van der Waals surface area contributed by atoms with Gasteiger partial charge in [0.25, 0.3) is 5.69 Å². The van der Waals surface area contributed by atoms with Crippen LogP contribution in [0.4, 0.5) is 5.69 Å². The lowest BCUT2D eigenvalue weighted by atomic mass is 10.3. The molecule has 7 heteroatoms. The summed E-state index contributed by atoms with van der Waals surface area (Å²) in [5.74, 6) is 0.256. The summed E-state index contributed by atoms with van der Waals surface area (Å²) in [6.07, 6.45) is 0. The quantitative estimate of drug-likeness (QED) is 0.527. The summed E-state index contributed by atoms with van der Waals surface area (Å²) < 4.78 is 17.1. The van der Waals surface area contributed by atoms with Crippen LogP contribution in [-0.2, 0) is 4.57 Å². The molecule has 1 unspecified atom stereocenters. The molecule has 6 nitrogen and oxygen atoms in total. The molecule has 1 N–H and O–H groups in total. The average Bonchev–Trinajstić information content (AvgIpc) is 2.39. The molecule has 19 heavy (non-hydrogen) atoms. The minimum absolute atomic E-state index is 0.00181. The van der Waals surface area contributed by atoms with Crippen molar-refractivity contribution in [1.82, 2.24) is 0 Å². The lowest BCUT2D eigenvalue weighted by Crippen LogP contribution is -2.09. The summed E-state index contributed by atoms with van der Waals surface area (Å²) in [6, 6.07) is 12.9. The maximum atomic E-state index is 12.0. The molecule has 0 aliphatic heterocycles. The number of benzene rings is 2. The Hall–Kier alpha value is -2.17. The third-order valence-corrected chi connectivity index (χ3v) is 3.77. The largest absolute Gasteiger partial charge is 0.421 e. The summed E-state index contributed by atoms with van der Waals surface area (Å²) in [4.78, 5) is 19.7. The van der Waals surface area contributed by atoms with E-state index in [0.29, 0.717) is 0 Å². The summed E-state index contributed by atoms with van der Waals surface area (Å²) in [7, 11) is -4.04. The maximum Gasteiger partial charge on any atom is 0.408 e. The van der Waals surface area contributed by atoms with Crippen LogP contribution in [0, 0.1) is 10.1 Å². The van der Waals surface area contributed by atoms with Crippen LogP contribution >= 0.6 is 7.60 Å². The van der Waals surface area contributed by atoms with E-state index in [0.717, 1.165) is 12.1 Å². The lowest BCUT2D eigenvalue weighted by molar-refractivity contribution is -0.384. The molecule has 0 aliphatic carbocycles. The number of nitrogens with zero attached hydrogens (tertiary/aromatic N) is 1. The van der Waals surface area contributed by atoms with Gasteiger partial charge in [-0.25, -0.2) is 4.57 Å². The first-order valence-corrected chi connectivity index (χ1v) is 6.89. The number of non-ortho nitro benzene ring substituents is 1. The molecule has 98 valence electrons. The van der Waals surface area contributed by atoms with Gasteiger partial charge >= 0.3 is 7.60 Å². The molecule has 0 aromatic heterocycles. The fourth-order valence-electron chi connectivity index (χ4n) is 1.44. The highest BCUT2D eigenvalue weighted by molar-refractivity contribution is 7.61. The zero-order valence-electron chi connectivity index (χ0n) is 9.67. The molecule has 2 aromatic carbocycles. The van der Waals surface area contributed by atoms with E-state index in [9.17, 15) is 19.6 Å². The van der Waals surface area contributed by atoms with Crippen molar-refractivity contribution in [2.45, 2.75) is 0 Å². The van der Waals surface area contributed by atoms with Gasteiger partial charge in [0.2, 0.25) is 0 Å². The van der Waals surface area contributed by atoms with Crippen LogP contribution < -0.4 is 9.83 Å². The van der Waals surface area contributed by atoms with Crippen molar-refractivity contribution >= 4 is 18.6 Å². The van der Waals surface area contributed by atoms with Gasteiger partial charge in [0.05, 0.1) is 10.2 Å². The Bertz CT molecular complexity index is 626. The topological polar surface area (TPSA) is 89.7 Å². The van der Waals surface area contributed by atoms with E-state index in [1.807, 2.05) is 0 Å². The highest BCUT2D eigenvalue weighted by Crippen LogP contribution is 2.41. The van der Waals surface area contributed by atoms with Crippen molar-refractivity contribution in [3.8, 4) is 5.75 Å². The molecule has 0 heterocycles. The van der Waals surface area contributed by atoms with Crippen LogP contribution in [0.5, 0.6) is 5.75 Å². The van der Waals surface area contributed by atoms with Gasteiger partial charge in [0.1, 0.15) is 5.75 Å². The van der Waals surface area contributed by atoms with Crippen LogP contribution in [0.1, 0.15) is 0 Å². The van der Waals surface area contributed by atoms with Crippen molar-refractivity contribution in [3.05, 3.63) is 64.7 Å². The first-order chi connectivity index (χ1) is 8.99. The van der Waals surface area contributed by atoms with Crippen molar-refractivity contribution < 1.29 is 18.9 Å². The van der Waals surface area contributed by atoms with Crippen molar-refractivity contribution in [3.63, 3.8) is 0 Å². The molecule has 0 radical (unpaired) electrons. The standard InChI is InChI=1S/C12H10NO5P/c14-13(15)10-6-8-12(9-7-10)19(16,17)18-11-4-2-1-3-5-11/h1-9H,(H,16,17). The highest BCUT2D eigenvalue weighted by Gasteiger charge is 2.25. The van der Waals surface area contributed by atoms with E-state index >= 15 is 0 Å². The van der Waals surface area contributed by atoms with Gasteiger partial charge < -0.3 is 9.42 Å². The Balaban J connectivity index is 2.24. The Kier molecular flexibility index (Phi) is 3.64. The molecule has 1 atom stereocenters. The summed E-state index contributed by atoms with van der Waals surface area (Å²) in [5, 5.41) is 10.5. The second kappa shape index (κ2) is 5.22. The maximum absolute atomic E-state index is 12.0. The first-order valence-electron chi connectivity index (χ1n) is 5.31. The Morgan fingerprint density at radius 2 is 1.63 bits per heavy atom. The molecule has 0 spiro atoms. The predicted octanol–water partition coefficient (Wildman–Crippen LogP) is 2.48. The van der Waals surface area contributed by atoms with Gasteiger partial charge in [-0.15, -0.1) is 0 Å². The van der Waals surface area contributed by atoms with Gasteiger partial charge in [0.15, 0.2) is 0 Å². The number of nitro benzene ring substituents is 1. The fourth-order valence-corrected chi connectivity index (χ4v) is 2.48. The number of hydrogen-bond acceptors (Lipinski definition) is 4. The van der Waals surface area contributed by atoms with Gasteiger partial charge in [-0.2, -0.15) is 0 Å². The lowest BCUT2D eigenvalue weighted by Gasteiger charge is -2.13. The molecule has 0 amide bonds. The molecule has 2 aromatic rings. The monoisotopic (exact) mass is 279 g/mol. The Morgan fingerprint density at radius 3 is 2.16 bits per heavy atom. The molecule has 0 bridgehead atoms. The summed E-state index contributed by atoms with van der Waals surface area (Å²) in [6.45, 7) is 0. The summed E-state index contributed by atoms with van der Waals surface area (Å²) >= 11 is 0. The minimum Gasteiger partial charge on any atom is -0.421 e. The van der Waals surface area contributed by atoms with E-state index in [4.69, 9.17) is 4.52 Å². The molecule has 0 aliphatic rings. The fraction of sp³-hybridized carbons (Fsp3) is 0. The van der Waals surface area contributed by atoms with Crippen LogP contribution in [0.2, 0.25) is 0 Å². The third-order valence-electron chi connectivity index (χ3n) is 2.36. The molecule has 0 fully saturated rings. The number of rotatable bonds is 4. The number of nitro groups is 1. The number of para-hydroxylation sites is 1. The highest BCUT2D eigenvalue weighted by atomic mass is 31.2. The Labute approximate surface area is 109 Å². The van der Waals surface area contributed by atoms with E-state index in [2.05, 4.69) is 0 Å². The predicted molar refractivity (Wildman–Crippen MR) is 69.6 cm³/mol. The van der Waals surface area contributed by atoms with E-state index in [1.54, 1.807) is 30.3 Å². The van der Waals surface area contributed by atoms with Gasteiger partial charge in [-0.05, 0) is 24.3 Å². The van der Waals surface area contributed by atoms with Gasteiger partial charge in [-0.3, -0.25) is 10.1 Å². The molecule has 2 rings (SSSR count). The van der Waals surface area contributed by atoms with E-state index in [-0.39, 0.29) is 16.7 Å². The van der Waals surface area contributed by atoms with Crippen LogP contribution in [0.25, 0.3) is 0 Å². The zero-order valence-corrected chi connectivity index (χ0v) is 10.6. The van der Waals surface area contributed by atoms with Crippen molar-refractivity contribution in [2.75, 3.05) is 0 Å². The van der Waals surface area contributed by atoms with Crippen molar-refractivity contribution in [2.24, 2.45) is 0 Å². The molecular formula is C12H10NO5P. The molecule has 0 saturated carbocycles. The zero-order chi connectivity index (χ0) is 13.9. The smallest absolute Gasteiger partial charge is 0.408 e. The third kappa shape index (κ3) is 3.19.